The molecule has 0 aliphatic carbocycles. The summed E-state index contributed by atoms with van der Waals surface area (Å²) in [4.78, 5) is 20.1. The van der Waals surface area contributed by atoms with Crippen LogP contribution < -0.4 is 0 Å². The Balaban J connectivity index is 1.47. The van der Waals surface area contributed by atoms with E-state index in [9.17, 15) is 4.79 Å². The van der Waals surface area contributed by atoms with E-state index in [2.05, 4.69) is 15.1 Å². The van der Waals surface area contributed by atoms with Gasteiger partial charge in [-0.05, 0) is 30.7 Å². The average molecular weight is 312 g/mol. The van der Waals surface area contributed by atoms with Crippen molar-refractivity contribution in [3.8, 4) is 11.4 Å². The second-order valence-corrected chi connectivity index (χ2v) is 5.00. The van der Waals surface area contributed by atoms with E-state index < -0.39 is 0 Å². The van der Waals surface area contributed by atoms with Gasteiger partial charge in [-0.15, -0.1) is 0 Å². The van der Waals surface area contributed by atoms with Gasteiger partial charge in [0, 0.05) is 37.6 Å². The van der Waals surface area contributed by atoms with E-state index in [4.69, 9.17) is 9.26 Å². The second-order valence-electron chi connectivity index (χ2n) is 5.00. The van der Waals surface area contributed by atoms with Crippen molar-refractivity contribution in [1.82, 2.24) is 19.7 Å². The maximum absolute atomic E-state index is 11.8. The van der Waals surface area contributed by atoms with Crippen LogP contribution in [0.25, 0.3) is 11.4 Å². The first-order valence-electron chi connectivity index (χ1n) is 7.25. The molecule has 0 aliphatic heterocycles. The summed E-state index contributed by atoms with van der Waals surface area (Å²) in [5.41, 5.74) is 1.33. The number of aryl methyl sites for hydroxylation is 2. The third kappa shape index (κ3) is 3.63. The lowest BCUT2D eigenvalue weighted by molar-refractivity contribution is 0.0487. The fourth-order valence-electron chi connectivity index (χ4n) is 2.10. The predicted molar refractivity (Wildman–Crippen MR) is 81.5 cm³/mol. The molecule has 118 valence electrons. The van der Waals surface area contributed by atoms with Gasteiger partial charge in [0.15, 0.2) is 0 Å². The lowest BCUT2D eigenvalue weighted by Gasteiger charge is -2.04. The predicted octanol–water partition coefficient (Wildman–Crippen LogP) is 2.26. The van der Waals surface area contributed by atoms with Crippen LogP contribution in [0.4, 0.5) is 0 Å². The Bertz CT molecular complexity index is 779. The molecule has 0 saturated heterocycles. The molecule has 7 nitrogen and oxygen atoms in total. The normalized spacial score (nSPS) is 10.7. The Morgan fingerprint density at radius 3 is 3.00 bits per heavy atom. The van der Waals surface area contributed by atoms with Gasteiger partial charge < -0.3 is 13.8 Å². The lowest BCUT2D eigenvalue weighted by atomic mass is 10.3. The summed E-state index contributed by atoms with van der Waals surface area (Å²) in [6.45, 7) is 0.300. The number of hydrogen-bond acceptors (Lipinski definition) is 6. The molecule has 0 N–H and O–H groups in total. The van der Waals surface area contributed by atoms with Gasteiger partial charge in [0.1, 0.15) is 5.69 Å². The molecule has 3 aromatic rings. The fraction of sp³-hybridized carbons (Fsp3) is 0.250. The van der Waals surface area contributed by atoms with Crippen molar-refractivity contribution in [3.05, 3.63) is 54.4 Å². The van der Waals surface area contributed by atoms with E-state index in [1.54, 1.807) is 42.3 Å². The molecule has 3 aromatic heterocycles. The van der Waals surface area contributed by atoms with Gasteiger partial charge in [0.25, 0.3) is 0 Å². The van der Waals surface area contributed by atoms with Crippen molar-refractivity contribution in [1.29, 1.82) is 0 Å². The molecule has 0 fully saturated rings. The second kappa shape index (κ2) is 6.87. The van der Waals surface area contributed by atoms with E-state index in [0.717, 1.165) is 5.56 Å². The molecule has 7 heteroatoms. The van der Waals surface area contributed by atoms with Crippen LogP contribution in [0.15, 0.2) is 47.4 Å². The van der Waals surface area contributed by atoms with Crippen molar-refractivity contribution < 1.29 is 14.1 Å². The maximum Gasteiger partial charge on any atom is 0.354 e. The highest BCUT2D eigenvalue weighted by Gasteiger charge is 2.11. The summed E-state index contributed by atoms with van der Waals surface area (Å²) in [5.74, 6) is 0.687. The highest BCUT2D eigenvalue weighted by molar-refractivity contribution is 5.87. The molecule has 0 bridgehead atoms. The van der Waals surface area contributed by atoms with E-state index in [0.29, 0.717) is 36.9 Å². The highest BCUT2D eigenvalue weighted by atomic mass is 16.5. The summed E-state index contributed by atoms with van der Waals surface area (Å²) in [7, 11) is 1.80. The van der Waals surface area contributed by atoms with Crippen molar-refractivity contribution in [3.63, 3.8) is 0 Å². The smallest absolute Gasteiger partial charge is 0.354 e. The summed E-state index contributed by atoms with van der Waals surface area (Å²) in [6, 6.07) is 7.20. The lowest BCUT2D eigenvalue weighted by Crippen LogP contribution is -2.10. The SMILES string of the molecule is Cn1cccc1C(=O)OCCCc1nc(-c2cccnc2)no1. The first-order valence-corrected chi connectivity index (χ1v) is 7.25. The zero-order valence-electron chi connectivity index (χ0n) is 12.7. The Hall–Kier alpha value is -2.96. The van der Waals surface area contributed by atoms with E-state index in [1.165, 1.54) is 0 Å². The molecule has 0 aliphatic rings. The third-order valence-corrected chi connectivity index (χ3v) is 3.31. The van der Waals surface area contributed by atoms with Crippen LogP contribution in [0.2, 0.25) is 0 Å². The molecule has 0 spiro atoms. The number of rotatable bonds is 6. The van der Waals surface area contributed by atoms with Crippen molar-refractivity contribution in [2.75, 3.05) is 6.61 Å². The van der Waals surface area contributed by atoms with E-state index >= 15 is 0 Å². The van der Waals surface area contributed by atoms with Crippen LogP contribution in [0.1, 0.15) is 22.8 Å². The summed E-state index contributed by atoms with van der Waals surface area (Å²) in [6.07, 6.45) is 6.33. The standard InChI is InChI=1S/C16H16N4O3/c1-20-9-3-6-13(20)16(21)22-10-4-7-14-18-15(19-23-14)12-5-2-8-17-11-12/h2-3,5-6,8-9,11H,4,7,10H2,1H3. The van der Waals surface area contributed by atoms with Gasteiger partial charge in [0.05, 0.1) is 6.61 Å². The van der Waals surface area contributed by atoms with Crippen LogP contribution >= 0.6 is 0 Å². The van der Waals surface area contributed by atoms with Crippen LogP contribution in [-0.2, 0) is 18.2 Å². The minimum absolute atomic E-state index is 0.300. The number of carbonyl (C=O) groups excluding carboxylic acids is 1. The van der Waals surface area contributed by atoms with Gasteiger partial charge in [-0.3, -0.25) is 4.98 Å². The number of hydrogen-bond donors (Lipinski definition) is 0. The Kier molecular flexibility index (Phi) is 4.46. The van der Waals surface area contributed by atoms with Gasteiger partial charge >= 0.3 is 5.97 Å². The number of esters is 1. The zero-order chi connectivity index (χ0) is 16.1. The van der Waals surface area contributed by atoms with Gasteiger partial charge in [-0.25, -0.2) is 4.79 Å². The molecule has 0 atom stereocenters. The van der Waals surface area contributed by atoms with Gasteiger partial charge in [-0.1, -0.05) is 5.16 Å². The molecular weight excluding hydrogens is 296 g/mol. The fourth-order valence-corrected chi connectivity index (χ4v) is 2.10. The van der Waals surface area contributed by atoms with Gasteiger partial charge in [0.2, 0.25) is 11.7 Å². The van der Waals surface area contributed by atoms with Crippen molar-refractivity contribution in [2.45, 2.75) is 12.8 Å². The highest BCUT2D eigenvalue weighted by Crippen LogP contribution is 2.14. The van der Waals surface area contributed by atoms with Crippen LogP contribution in [0.3, 0.4) is 0 Å². The van der Waals surface area contributed by atoms with Crippen molar-refractivity contribution in [2.24, 2.45) is 7.05 Å². The number of ether oxygens (including phenoxy) is 1. The Morgan fingerprint density at radius 1 is 1.35 bits per heavy atom. The maximum atomic E-state index is 11.8. The van der Waals surface area contributed by atoms with E-state index in [1.807, 2.05) is 12.1 Å². The number of nitrogens with zero attached hydrogens (tertiary/aromatic N) is 4. The monoisotopic (exact) mass is 312 g/mol. The zero-order valence-corrected chi connectivity index (χ0v) is 12.7. The molecule has 0 saturated carbocycles. The molecule has 0 amide bonds. The van der Waals surface area contributed by atoms with Crippen LogP contribution in [-0.4, -0.2) is 32.3 Å². The largest absolute Gasteiger partial charge is 0.461 e. The molecule has 3 rings (SSSR count). The number of carbonyl (C=O) groups is 1. The van der Waals surface area contributed by atoms with E-state index in [-0.39, 0.29) is 5.97 Å². The van der Waals surface area contributed by atoms with Crippen LogP contribution in [0.5, 0.6) is 0 Å². The first-order chi connectivity index (χ1) is 11.2. The summed E-state index contributed by atoms with van der Waals surface area (Å²) >= 11 is 0. The Morgan fingerprint density at radius 2 is 2.26 bits per heavy atom. The molecule has 0 unspecified atom stereocenters. The number of aromatic nitrogens is 4. The van der Waals surface area contributed by atoms with Gasteiger partial charge in [-0.2, -0.15) is 4.98 Å². The minimum atomic E-state index is -0.334. The Labute approximate surface area is 132 Å². The van der Waals surface area contributed by atoms with Crippen LogP contribution in [0, 0.1) is 0 Å². The topological polar surface area (TPSA) is 83.0 Å². The molecule has 23 heavy (non-hydrogen) atoms. The molecule has 3 heterocycles. The molecular formula is C16H16N4O3. The summed E-state index contributed by atoms with van der Waals surface area (Å²) < 4.78 is 12.1. The first kappa shape index (κ1) is 15.0. The summed E-state index contributed by atoms with van der Waals surface area (Å²) in [5, 5.41) is 3.92. The number of pyridine rings is 1. The molecule has 0 aromatic carbocycles. The quantitative estimate of drug-likeness (QED) is 0.513. The van der Waals surface area contributed by atoms with Crippen molar-refractivity contribution >= 4 is 5.97 Å². The minimum Gasteiger partial charge on any atom is -0.461 e. The molecule has 0 radical (unpaired) electrons. The third-order valence-electron chi connectivity index (χ3n) is 3.31. The average Bonchev–Trinajstić information content (AvgIpc) is 3.21.